The molecule has 0 spiro atoms. The summed E-state index contributed by atoms with van der Waals surface area (Å²) in [6.07, 6.45) is 0.717. The first-order chi connectivity index (χ1) is 13.0. The second-order valence-corrected chi connectivity index (χ2v) is 9.07. The van der Waals surface area contributed by atoms with Crippen LogP contribution >= 0.6 is 35.6 Å². The molecule has 1 N–H and O–H groups in total. The molecule has 1 saturated heterocycles. The van der Waals surface area contributed by atoms with Crippen molar-refractivity contribution in [1.82, 2.24) is 14.5 Å². The fourth-order valence-electron chi connectivity index (χ4n) is 3.10. The Labute approximate surface area is 191 Å². The average molecular weight is 569 g/mol. The van der Waals surface area contributed by atoms with Crippen LogP contribution in [0.4, 0.5) is 13.2 Å². The van der Waals surface area contributed by atoms with E-state index in [9.17, 15) is 21.6 Å². The number of halogens is 5. The van der Waals surface area contributed by atoms with Crippen LogP contribution in [0.1, 0.15) is 18.4 Å². The van der Waals surface area contributed by atoms with Gasteiger partial charge in [-0.25, -0.2) is 8.42 Å². The van der Waals surface area contributed by atoms with Crippen LogP contribution in [-0.2, 0) is 16.6 Å². The number of hydrogen-bond donors (Lipinski definition) is 1. The summed E-state index contributed by atoms with van der Waals surface area (Å²) in [4.78, 5) is 6.13. The smallest absolute Gasteiger partial charge is 0.356 e. The zero-order valence-electron chi connectivity index (χ0n) is 16.1. The lowest BCUT2D eigenvalue weighted by molar-refractivity contribution is -0.0496. The van der Waals surface area contributed by atoms with Gasteiger partial charge < -0.3 is 10.2 Å². The molecule has 6 nitrogen and oxygen atoms in total. The van der Waals surface area contributed by atoms with Gasteiger partial charge in [-0.2, -0.15) is 17.5 Å². The first kappa shape index (κ1) is 26.2. The summed E-state index contributed by atoms with van der Waals surface area (Å²) in [5, 5.41) is 3.86. The van der Waals surface area contributed by atoms with Crippen molar-refractivity contribution in [2.24, 2.45) is 10.9 Å². The molecule has 29 heavy (non-hydrogen) atoms. The molecule has 0 amide bonds. The van der Waals surface area contributed by atoms with Crippen molar-refractivity contribution in [2.45, 2.75) is 24.9 Å². The molecule has 2 rings (SSSR count). The highest BCUT2D eigenvalue weighted by molar-refractivity contribution is 14.0. The Morgan fingerprint density at radius 3 is 2.48 bits per heavy atom. The third-order valence-corrected chi connectivity index (χ3v) is 6.50. The second-order valence-electron chi connectivity index (χ2n) is 6.71. The van der Waals surface area contributed by atoms with Crippen LogP contribution < -0.4 is 5.32 Å². The monoisotopic (exact) mass is 568 g/mol. The molecule has 166 valence electrons. The van der Waals surface area contributed by atoms with Crippen LogP contribution in [0.3, 0.4) is 0 Å². The van der Waals surface area contributed by atoms with Crippen LogP contribution in [0.2, 0.25) is 5.02 Å². The minimum absolute atomic E-state index is 0. The highest BCUT2D eigenvalue weighted by Gasteiger charge is 2.50. The lowest BCUT2D eigenvalue weighted by Gasteiger charge is -2.32. The average Bonchev–Trinajstić information content (AvgIpc) is 2.61. The standard InChI is InChI=1S/C17H24ClF3N4O2S.HI/c1-22-16(24(2)12-14-4-3-5-15(18)10-14)23-11-13-6-8-25(9-7-13)28(26,27)17(19,20)21;/h3-5,10,13H,6-9,11-12H2,1-2H3,(H,22,23);1H. The summed E-state index contributed by atoms with van der Waals surface area (Å²) >= 11 is 5.99. The lowest BCUT2D eigenvalue weighted by Crippen LogP contribution is -2.47. The van der Waals surface area contributed by atoms with E-state index in [1.165, 1.54) is 0 Å². The number of nitrogens with zero attached hydrogens (tertiary/aromatic N) is 3. The van der Waals surface area contributed by atoms with Crippen molar-refractivity contribution in [3.8, 4) is 0 Å². The maximum absolute atomic E-state index is 12.6. The van der Waals surface area contributed by atoms with E-state index in [4.69, 9.17) is 11.6 Å². The van der Waals surface area contributed by atoms with E-state index in [2.05, 4.69) is 10.3 Å². The van der Waals surface area contributed by atoms with Crippen molar-refractivity contribution in [3.05, 3.63) is 34.9 Å². The van der Waals surface area contributed by atoms with E-state index in [1.54, 1.807) is 13.1 Å². The number of hydrogen-bond acceptors (Lipinski definition) is 3. The van der Waals surface area contributed by atoms with Gasteiger partial charge in [0.2, 0.25) is 0 Å². The summed E-state index contributed by atoms with van der Waals surface area (Å²) in [7, 11) is -1.72. The second kappa shape index (κ2) is 11.0. The number of alkyl halides is 3. The molecule has 0 aromatic heterocycles. The number of piperidine rings is 1. The quantitative estimate of drug-likeness (QED) is 0.335. The fraction of sp³-hybridized carbons (Fsp3) is 0.588. The van der Waals surface area contributed by atoms with E-state index in [1.807, 2.05) is 30.1 Å². The maximum atomic E-state index is 12.6. The van der Waals surface area contributed by atoms with Gasteiger partial charge in [0.05, 0.1) is 0 Å². The number of nitrogens with one attached hydrogen (secondary N) is 1. The van der Waals surface area contributed by atoms with Crippen molar-refractivity contribution in [1.29, 1.82) is 0 Å². The van der Waals surface area contributed by atoms with Crippen molar-refractivity contribution in [3.63, 3.8) is 0 Å². The van der Waals surface area contributed by atoms with Crippen molar-refractivity contribution < 1.29 is 21.6 Å². The lowest BCUT2D eigenvalue weighted by atomic mass is 9.98. The molecule has 0 saturated carbocycles. The van der Waals surface area contributed by atoms with Gasteiger partial charge in [-0.3, -0.25) is 4.99 Å². The van der Waals surface area contributed by atoms with E-state index < -0.39 is 15.5 Å². The van der Waals surface area contributed by atoms with Gasteiger partial charge in [0.15, 0.2) is 5.96 Å². The summed E-state index contributed by atoms with van der Waals surface area (Å²) in [6, 6.07) is 7.47. The zero-order chi connectivity index (χ0) is 20.9. The van der Waals surface area contributed by atoms with Gasteiger partial charge >= 0.3 is 15.5 Å². The van der Waals surface area contributed by atoms with Crippen LogP contribution in [-0.4, -0.2) is 62.8 Å². The predicted octanol–water partition coefficient (Wildman–Crippen LogP) is 3.53. The Balaban J connectivity index is 0.00000420. The summed E-state index contributed by atoms with van der Waals surface area (Å²) in [5.74, 6) is 0.710. The first-order valence-electron chi connectivity index (χ1n) is 8.77. The van der Waals surface area contributed by atoms with Gasteiger partial charge in [-0.1, -0.05) is 23.7 Å². The molecular formula is C17H25ClF3IN4O2S. The molecule has 0 bridgehead atoms. The minimum Gasteiger partial charge on any atom is -0.356 e. The van der Waals surface area contributed by atoms with Crippen molar-refractivity contribution >= 4 is 51.6 Å². The Morgan fingerprint density at radius 2 is 1.97 bits per heavy atom. The Kier molecular flexibility index (Phi) is 9.96. The fourth-order valence-corrected chi connectivity index (χ4v) is 4.30. The largest absolute Gasteiger partial charge is 0.511 e. The third-order valence-electron chi connectivity index (χ3n) is 4.64. The number of aliphatic imine (C=N–C) groups is 1. The molecule has 0 unspecified atom stereocenters. The highest BCUT2D eigenvalue weighted by Crippen LogP contribution is 2.30. The molecule has 0 radical (unpaired) electrons. The molecular weight excluding hydrogens is 544 g/mol. The predicted molar refractivity (Wildman–Crippen MR) is 119 cm³/mol. The van der Waals surface area contributed by atoms with Crippen molar-refractivity contribution in [2.75, 3.05) is 33.7 Å². The van der Waals surface area contributed by atoms with E-state index in [0.717, 1.165) is 5.56 Å². The van der Waals surface area contributed by atoms with Gasteiger partial charge in [-0.15, -0.1) is 24.0 Å². The summed E-state index contributed by atoms with van der Waals surface area (Å²) in [5.41, 5.74) is -4.23. The topological polar surface area (TPSA) is 65.0 Å². The Hall–Kier alpha value is -0.790. The Morgan fingerprint density at radius 1 is 1.34 bits per heavy atom. The molecule has 1 aliphatic heterocycles. The van der Waals surface area contributed by atoms with Gasteiger partial charge in [0.1, 0.15) is 0 Å². The van der Waals surface area contributed by atoms with Crippen LogP contribution in [0, 0.1) is 5.92 Å². The minimum atomic E-state index is -5.25. The van der Waals surface area contributed by atoms with Gasteiger partial charge in [0.25, 0.3) is 0 Å². The number of guanidine groups is 1. The van der Waals surface area contributed by atoms with Crippen LogP contribution in [0.15, 0.2) is 29.3 Å². The van der Waals surface area contributed by atoms with E-state index in [0.29, 0.717) is 41.2 Å². The van der Waals surface area contributed by atoms with Gasteiger partial charge in [0, 0.05) is 45.3 Å². The first-order valence-corrected chi connectivity index (χ1v) is 10.6. The molecule has 0 aliphatic carbocycles. The number of sulfonamides is 1. The number of rotatable bonds is 5. The molecule has 1 aromatic carbocycles. The molecule has 1 fully saturated rings. The highest BCUT2D eigenvalue weighted by atomic mass is 127. The van der Waals surface area contributed by atoms with Gasteiger partial charge in [-0.05, 0) is 36.5 Å². The maximum Gasteiger partial charge on any atom is 0.511 e. The SMILES string of the molecule is CN=C(NCC1CCN(S(=O)(=O)C(F)(F)F)CC1)N(C)Cc1cccc(Cl)c1.I. The normalized spacial score (nSPS) is 17.0. The molecule has 1 heterocycles. The van der Waals surface area contributed by atoms with Crippen LogP contribution in [0.5, 0.6) is 0 Å². The molecule has 12 heteroatoms. The zero-order valence-corrected chi connectivity index (χ0v) is 20.0. The third kappa shape index (κ3) is 7.14. The van der Waals surface area contributed by atoms with E-state index in [-0.39, 0.29) is 43.0 Å². The van der Waals surface area contributed by atoms with E-state index >= 15 is 0 Å². The molecule has 1 aromatic rings. The number of benzene rings is 1. The molecule has 1 aliphatic rings. The summed E-state index contributed by atoms with van der Waals surface area (Å²) in [6.45, 7) is 0.825. The molecule has 0 atom stereocenters. The summed E-state index contributed by atoms with van der Waals surface area (Å²) < 4.78 is 61.4. The van der Waals surface area contributed by atoms with Crippen LogP contribution in [0.25, 0.3) is 0 Å². The Bertz CT molecular complexity index is 800.